The van der Waals surface area contributed by atoms with Crippen molar-refractivity contribution in [3.63, 3.8) is 0 Å². The lowest BCUT2D eigenvalue weighted by molar-refractivity contribution is 0.0728. The van der Waals surface area contributed by atoms with Gasteiger partial charge in [-0.25, -0.2) is 0 Å². The Morgan fingerprint density at radius 2 is 1.75 bits per heavy atom. The van der Waals surface area contributed by atoms with Crippen LogP contribution in [0.1, 0.15) is 12.8 Å². The zero-order chi connectivity index (χ0) is 5.40. The van der Waals surface area contributed by atoms with Gasteiger partial charge in [-0.05, 0) is 12.8 Å². The first-order chi connectivity index (χ1) is 3.95. The number of hydrogen-bond acceptors (Lipinski definition) is 2. The van der Waals surface area contributed by atoms with Crippen molar-refractivity contribution in [3.05, 3.63) is 0 Å². The summed E-state index contributed by atoms with van der Waals surface area (Å²) >= 11 is 0. The van der Waals surface area contributed by atoms with Gasteiger partial charge in [0.2, 0.25) is 0 Å². The molecule has 2 heteroatoms. The topological polar surface area (TPSA) is 21.3 Å². The molecule has 2 aliphatic heterocycles. The van der Waals surface area contributed by atoms with Gasteiger partial charge in [-0.2, -0.15) is 0 Å². The minimum absolute atomic E-state index is 0.689. The zero-order valence-electron chi connectivity index (χ0n) is 4.89. The van der Waals surface area contributed by atoms with Crippen LogP contribution in [0.2, 0.25) is 0 Å². The Hall–Kier alpha value is -0.0800. The van der Waals surface area contributed by atoms with Gasteiger partial charge in [-0.3, -0.25) is 0 Å². The molecule has 2 nitrogen and oxygen atoms in total. The summed E-state index contributed by atoms with van der Waals surface area (Å²) in [5, 5.41) is 3.47. The zero-order valence-corrected chi connectivity index (χ0v) is 4.89. The van der Waals surface area contributed by atoms with Crippen LogP contribution in [0.4, 0.5) is 0 Å². The summed E-state index contributed by atoms with van der Waals surface area (Å²) in [5.41, 5.74) is 0. The molecule has 2 heterocycles. The van der Waals surface area contributed by atoms with Crippen molar-refractivity contribution in [2.45, 2.75) is 24.9 Å². The molecule has 8 heavy (non-hydrogen) atoms. The third-order valence-electron chi connectivity index (χ3n) is 1.97. The van der Waals surface area contributed by atoms with Crippen molar-refractivity contribution >= 4 is 0 Å². The minimum atomic E-state index is 0.689. The maximum Gasteiger partial charge on any atom is 0.0620 e. The number of rotatable bonds is 0. The fraction of sp³-hybridized carbons (Fsp3) is 1.00. The van der Waals surface area contributed by atoms with Crippen LogP contribution >= 0.6 is 0 Å². The first-order valence-corrected chi connectivity index (χ1v) is 3.29. The SMILES string of the molecule is C1C[C@@H]2COCC1N2. The lowest BCUT2D eigenvalue weighted by atomic mass is 10.2. The Labute approximate surface area is 49.2 Å². The standard InChI is InChI=1S/C6H11NO/c1-2-6-4-8-3-5(1)7-6/h5-7H,1-4H2/t5-,6?/m1/s1. The van der Waals surface area contributed by atoms with Crippen LogP contribution in [0.3, 0.4) is 0 Å². The maximum atomic E-state index is 5.29. The van der Waals surface area contributed by atoms with Crippen LogP contribution < -0.4 is 5.32 Å². The van der Waals surface area contributed by atoms with E-state index in [4.69, 9.17) is 4.74 Å². The van der Waals surface area contributed by atoms with E-state index in [0.29, 0.717) is 12.1 Å². The average Bonchev–Trinajstić information content (AvgIpc) is 2.12. The van der Waals surface area contributed by atoms with Crippen LogP contribution in [0.25, 0.3) is 0 Å². The van der Waals surface area contributed by atoms with Crippen LogP contribution in [-0.2, 0) is 4.74 Å². The van der Waals surface area contributed by atoms with Gasteiger partial charge in [0.05, 0.1) is 13.2 Å². The summed E-state index contributed by atoms with van der Waals surface area (Å²) in [6.45, 7) is 1.88. The summed E-state index contributed by atoms with van der Waals surface area (Å²) in [4.78, 5) is 0. The highest BCUT2D eigenvalue weighted by Crippen LogP contribution is 2.16. The molecule has 0 aliphatic carbocycles. The highest BCUT2D eigenvalue weighted by atomic mass is 16.5. The van der Waals surface area contributed by atoms with Crippen molar-refractivity contribution in [1.29, 1.82) is 0 Å². The summed E-state index contributed by atoms with van der Waals surface area (Å²) in [6.07, 6.45) is 2.65. The van der Waals surface area contributed by atoms with Crippen molar-refractivity contribution in [3.8, 4) is 0 Å². The first kappa shape index (κ1) is 4.77. The van der Waals surface area contributed by atoms with E-state index in [9.17, 15) is 0 Å². The van der Waals surface area contributed by atoms with Gasteiger partial charge >= 0.3 is 0 Å². The first-order valence-electron chi connectivity index (χ1n) is 3.29. The second kappa shape index (κ2) is 1.71. The Morgan fingerprint density at radius 1 is 1.12 bits per heavy atom. The summed E-state index contributed by atoms with van der Waals surface area (Å²) in [6, 6.07) is 1.38. The third-order valence-corrected chi connectivity index (χ3v) is 1.97. The fourth-order valence-corrected chi connectivity index (χ4v) is 1.52. The predicted octanol–water partition coefficient (Wildman–Crippen LogP) is 0.137. The van der Waals surface area contributed by atoms with Gasteiger partial charge in [-0.1, -0.05) is 0 Å². The molecule has 2 atom stereocenters. The highest BCUT2D eigenvalue weighted by Gasteiger charge is 2.27. The number of hydrogen-bond donors (Lipinski definition) is 1. The summed E-state index contributed by atoms with van der Waals surface area (Å²) in [7, 11) is 0. The molecule has 0 aromatic heterocycles. The van der Waals surface area contributed by atoms with Gasteiger partial charge in [0.15, 0.2) is 0 Å². The molecule has 0 aromatic rings. The van der Waals surface area contributed by atoms with E-state index in [-0.39, 0.29) is 0 Å². The average molecular weight is 113 g/mol. The predicted molar refractivity (Wildman–Crippen MR) is 30.8 cm³/mol. The van der Waals surface area contributed by atoms with E-state index in [1.54, 1.807) is 0 Å². The monoisotopic (exact) mass is 113 g/mol. The van der Waals surface area contributed by atoms with Gasteiger partial charge in [0.1, 0.15) is 0 Å². The van der Waals surface area contributed by atoms with Crippen LogP contribution in [0.15, 0.2) is 0 Å². The maximum absolute atomic E-state index is 5.29. The van der Waals surface area contributed by atoms with E-state index in [0.717, 1.165) is 13.2 Å². The van der Waals surface area contributed by atoms with Crippen molar-refractivity contribution in [2.75, 3.05) is 13.2 Å². The van der Waals surface area contributed by atoms with Crippen LogP contribution in [0.5, 0.6) is 0 Å². The molecule has 0 saturated carbocycles. The molecule has 2 saturated heterocycles. The molecule has 0 radical (unpaired) electrons. The molecule has 2 fully saturated rings. The van der Waals surface area contributed by atoms with Gasteiger partial charge in [-0.15, -0.1) is 0 Å². The fourth-order valence-electron chi connectivity index (χ4n) is 1.52. The quantitative estimate of drug-likeness (QED) is 0.482. The van der Waals surface area contributed by atoms with E-state index in [1.807, 2.05) is 0 Å². The molecule has 2 bridgehead atoms. The molecule has 0 spiro atoms. The van der Waals surface area contributed by atoms with Crippen molar-refractivity contribution in [2.24, 2.45) is 0 Å². The second-order valence-electron chi connectivity index (χ2n) is 2.68. The largest absolute Gasteiger partial charge is 0.378 e. The Bertz CT molecular complexity index is 80.5. The summed E-state index contributed by atoms with van der Waals surface area (Å²) in [5.74, 6) is 0. The number of fused-ring (bicyclic) bond motifs is 2. The Kier molecular flexibility index (Phi) is 1.02. The Morgan fingerprint density at radius 3 is 2.25 bits per heavy atom. The minimum Gasteiger partial charge on any atom is -0.378 e. The Balaban J connectivity index is 2.03. The van der Waals surface area contributed by atoms with Crippen molar-refractivity contribution in [1.82, 2.24) is 5.32 Å². The summed E-state index contributed by atoms with van der Waals surface area (Å²) < 4.78 is 5.29. The molecule has 2 aliphatic rings. The van der Waals surface area contributed by atoms with Gasteiger partial charge in [0.25, 0.3) is 0 Å². The molecular weight excluding hydrogens is 102 g/mol. The molecule has 0 aromatic carbocycles. The van der Waals surface area contributed by atoms with Gasteiger partial charge < -0.3 is 10.1 Å². The molecular formula is C6H11NO. The lowest BCUT2D eigenvalue weighted by Gasteiger charge is -2.20. The van der Waals surface area contributed by atoms with E-state index in [1.165, 1.54) is 12.8 Å². The van der Waals surface area contributed by atoms with Gasteiger partial charge in [0, 0.05) is 12.1 Å². The second-order valence-corrected chi connectivity index (χ2v) is 2.68. The van der Waals surface area contributed by atoms with E-state index in [2.05, 4.69) is 5.32 Å². The smallest absolute Gasteiger partial charge is 0.0620 e. The highest BCUT2D eigenvalue weighted by molar-refractivity contribution is 4.86. The number of nitrogens with one attached hydrogen (secondary N) is 1. The number of ether oxygens (including phenoxy) is 1. The van der Waals surface area contributed by atoms with Crippen LogP contribution in [0, 0.1) is 0 Å². The van der Waals surface area contributed by atoms with E-state index < -0.39 is 0 Å². The van der Waals surface area contributed by atoms with Crippen LogP contribution in [-0.4, -0.2) is 25.3 Å². The van der Waals surface area contributed by atoms with E-state index >= 15 is 0 Å². The third kappa shape index (κ3) is 0.644. The number of morpholine rings is 1. The lowest BCUT2D eigenvalue weighted by Crippen LogP contribution is -2.41. The molecule has 1 N–H and O–H groups in total. The molecule has 46 valence electrons. The molecule has 0 amide bonds. The van der Waals surface area contributed by atoms with Crippen molar-refractivity contribution < 1.29 is 4.74 Å². The normalized spacial score (nSPS) is 45.0. The molecule has 1 unspecified atom stereocenters. The molecule has 2 rings (SSSR count).